The van der Waals surface area contributed by atoms with Crippen LogP contribution >= 0.6 is 11.6 Å². The van der Waals surface area contributed by atoms with Crippen LogP contribution in [0.4, 0.5) is 13.2 Å². The number of rotatable bonds is 3. The van der Waals surface area contributed by atoms with Gasteiger partial charge in [-0.3, -0.25) is 9.59 Å². The minimum Gasteiger partial charge on any atom is -0.333 e. The smallest absolute Gasteiger partial charge is 0.272 e. The fraction of sp³-hybridized carbons (Fsp3) is 0.167. The summed E-state index contributed by atoms with van der Waals surface area (Å²) in [6.07, 6.45) is 0. The molecule has 1 heterocycles. The first-order chi connectivity index (χ1) is 12.7. The molecule has 9 heteroatoms. The predicted octanol–water partition coefficient (Wildman–Crippen LogP) is 3.83. The van der Waals surface area contributed by atoms with E-state index in [9.17, 15) is 22.8 Å². The molecule has 0 saturated heterocycles. The Morgan fingerprint density at radius 1 is 1.11 bits per heavy atom. The molecule has 1 aromatic heterocycles. The molecule has 0 unspecified atom stereocenters. The van der Waals surface area contributed by atoms with Crippen LogP contribution in [0.5, 0.6) is 0 Å². The molecule has 0 saturated carbocycles. The number of nitrogens with zero attached hydrogens (tertiary/aromatic N) is 2. The van der Waals surface area contributed by atoms with Gasteiger partial charge in [0, 0.05) is 18.0 Å². The van der Waals surface area contributed by atoms with Gasteiger partial charge in [-0.05, 0) is 37.3 Å². The molecule has 1 N–H and O–H groups in total. The maximum Gasteiger partial charge on any atom is 0.272 e. The largest absolute Gasteiger partial charge is 0.333 e. The summed E-state index contributed by atoms with van der Waals surface area (Å²) in [5.41, 5.74) is -0.367. The summed E-state index contributed by atoms with van der Waals surface area (Å²) < 4.78 is 40.5. The summed E-state index contributed by atoms with van der Waals surface area (Å²) in [6.45, 7) is 1.60. The molecule has 0 aliphatic heterocycles. The van der Waals surface area contributed by atoms with E-state index in [0.29, 0.717) is 0 Å². The van der Waals surface area contributed by atoms with Crippen molar-refractivity contribution >= 4 is 28.3 Å². The van der Waals surface area contributed by atoms with E-state index in [4.69, 9.17) is 11.6 Å². The highest BCUT2D eigenvalue weighted by atomic mass is 35.5. The molecule has 140 valence electrons. The lowest BCUT2D eigenvalue weighted by Crippen LogP contribution is -2.31. The molecule has 5 nitrogen and oxygen atoms in total. The van der Waals surface area contributed by atoms with Crippen molar-refractivity contribution in [1.82, 2.24) is 15.1 Å². The minimum absolute atomic E-state index is 0.0851. The monoisotopic (exact) mass is 395 g/mol. The third-order valence-corrected chi connectivity index (χ3v) is 4.61. The van der Waals surface area contributed by atoms with Crippen LogP contribution in [-0.2, 0) is 0 Å². The summed E-state index contributed by atoms with van der Waals surface area (Å²) in [4.78, 5) is 25.8. The highest BCUT2D eigenvalue weighted by Crippen LogP contribution is 2.27. The Kier molecular flexibility index (Phi) is 4.93. The molecule has 3 rings (SSSR count). The Morgan fingerprint density at radius 2 is 1.74 bits per heavy atom. The standard InChI is InChI=1S/C18H13ClF3N3O2/c1-8(25(2)18(27)9-3-4-13(20)12(19)5-9)16-10-6-14(21)15(22)7-11(10)17(26)24-23-16/h3-8H,1-2H3,(H,24,26)/t8-/m1/s1. The fourth-order valence-corrected chi connectivity index (χ4v) is 2.87. The summed E-state index contributed by atoms with van der Waals surface area (Å²) >= 11 is 5.71. The van der Waals surface area contributed by atoms with E-state index in [2.05, 4.69) is 10.2 Å². The van der Waals surface area contributed by atoms with Crippen LogP contribution in [0.25, 0.3) is 10.8 Å². The Hall–Kier alpha value is -2.87. The van der Waals surface area contributed by atoms with Gasteiger partial charge in [-0.25, -0.2) is 18.3 Å². The van der Waals surface area contributed by atoms with E-state index in [0.717, 1.165) is 18.2 Å². The molecule has 0 aliphatic rings. The van der Waals surface area contributed by atoms with Gasteiger partial charge in [0.05, 0.1) is 22.1 Å². The summed E-state index contributed by atoms with van der Waals surface area (Å²) in [6, 6.07) is 4.47. The van der Waals surface area contributed by atoms with E-state index in [-0.39, 0.29) is 27.1 Å². The number of carbonyl (C=O) groups excluding carboxylic acids is 1. The van der Waals surface area contributed by atoms with Crippen molar-refractivity contribution in [1.29, 1.82) is 0 Å². The first-order valence-corrected chi connectivity index (χ1v) is 8.18. The van der Waals surface area contributed by atoms with E-state index < -0.39 is 35.0 Å². The molecule has 0 radical (unpaired) electrons. The van der Waals surface area contributed by atoms with Crippen molar-refractivity contribution in [2.75, 3.05) is 7.05 Å². The van der Waals surface area contributed by atoms with Crippen molar-refractivity contribution in [3.8, 4) is 0 Å². The van der Waals surface area contributed by atoms with Crippen LogP contribution < -0.4 is 5.56 Å². The molecular weight excluding hydrogens is 383 g/mol. The van der Waals surface area contributed by atoms with Crippen molar-refractivity contribution < 1.29 is 18.0 Å². The first kappa shape index (κ1) is 18.9. The van der Waals surface area contributed by atoms with Crippen molar-refractivity contribution in [3.63, 3.8) is 0 Å². The van der Waals surface area contributed by atoms with Gasteiger partial charge in [-0.15, -0.1) is 0 Å². The number of hydrogen-bond acceptors (Lipinski definition) is 3. The van der Waals surface area contributed by atoms with Gasteiger partial charge in [0.2, 0.25) is 0 Å². The van der Waals surface area contributed by atoms with E-state index >= 15 is 0 Å². The molecule has 2 aromatic carbocycles. The zero-order chi connectivity index (χ0) is 19.9. The zero-order valence-electron chi connectivity index (χ0n) is 14.2. The van der Waals surface area contributed by atoms with E-state index in [1.807, 2.05) is 0 Å². The summed E-state index contributed by atoms with van der Waals surface area (Å²) in [7, 11) is 1.46. The maximum absolute atomic E-state index is 13.7. The number of nitrogens with one attached hydrogen (secondary N) is 1. The number of fused-ring (bicyclic) bond motifs is 1. The summed E-state index contributed by atoms with van der Waals surface area (Å²) in [5, 5.41) is 5.91. The lowest BCUT2D eigenvalue weighted by molar-refractivity contribution is 0.0740. The second-order valence-corrected chi connectivity index (χ2v) is 6.38. The number of aromatic nitrogens is 2. The van der Waals surface area contributed by atoms with Crippen LogP contribution in [0.1, 0.15) is 29.0 Å². The number of amides is 1. The van der Waals surface area contributed by atoms with Crippen LogP contribution in [0.2, 0.25) is 5.02 Å². The average molecular weight is 396 g/mol. The molecule has 1 amide bonds. The molecule has 27 heavy (non-hydrogen) atoms. The molecule has 0 bridgehead atoms. The van der Waals surface area contributed by atoms with Gasteiger partial charge in [0.25, 0.3) is 11.5 Å². The second kappa shape index (κ2) is 7.03. The van der Waals surface area contributed by atoms with Gasteiger partial charge in [-0.1, -0.05) is 11.6 Å². The summed E-state index contributed by atoms with van der Waals surface area (Å²) in [5.74, 6) is -3.45. The lowest BCUT2D eigenvalue weighted by Gasteiger charge is -2.25. The third-order valence-electron chi connectivity index (χ3n) is 4.32. The first-order valence-electron chi connectivity index (χ1n) is 7.80. The molecular formula is C18H13ClF3N3O2. The van der Waals surface area contributed by atoms with Crippen LogP contribution in [-0.4, -0.2) is 28.1 Å². The Balaban J connectivity index is 2.04. The van der Waals surface area contributed by atoms with Gasteiger partial charge in [0.1, 0.15) is 5.82 Å². The number of aromatic amines is 1. The van der Waals surface area contributed by atoms with Crippen LogP contribution in [0, 0.1) is 17.5 Å². The molecule has 0 spiro atoms. The number of halogens is 4. The van der Waals surface area contributed by atoms with Crippen molar-refractivity contribution in [2.24, 2.45) is 0 Å². The normalized spacial score (nSPS) is 12.2. The zero-order valence-corrected chi connectivity index (χ0v) is 14.9. The predicted molar refractivity (Wildman–Crippen MR) is 94.2 cm³/mol. The van der Waals surface area contributed by atoms with E-state index in [1.54, 1.807) is 6.92 Å². The maximum atomic E-state index is 13.7. The second-order valence-electron chi connectivity index (χ2n) is 5.97. The third kappa shape index (κ3) is 3.40. The van der Waals surface area contributed by atoms with Crippen molar-refractivity contribution in [2.45, 2.75) is 13.0 Å². The number of benzene rings is 2. The Bertz CT molecular complexity index is 1120. The van der Waals surface area contributed by atoms with Gasteiger partial charge < -0.3 is 4.90 Å². The molecule has 3 aromatic rings. The molecule has 0 aliphatic carbocycles. The lowest BCUT2D eigenvalue weighted by atomic mass is 10.0. The Morgan fingerprint density at radius 3 is 2.37 bits per heavy atom. The highest BCUT2D eigenvalue weighted by Gasteiger charge is 2.24. The van der Waals surface area contributed by atoms with Crippen LogP contribution in [0.15, 0.2) is 35.1 Å². The Labute approximate surface area is 156 Å². The molecule has 0 fully saturated rings. The quantitative estimate of drug-likeness (QED) is 0.733. The highest BCUT2D eigenvalue weighted by molar-refractivity contribution is 6.31. The number of H-pyrrole nitrogens is 1. The van der Waals surface area contributed by atoms with Crippen LogP contribution in [0.3, 0.4) is 0 Å². The number of hydrogen-bond donors (Lipinski definition) is 1. The number of carbonyl (C=O) groups is 1. The van der Waals surface area contributed by atoms with E-state index in [1.165, 1.54) is 24.1 Å². The van der Waals surface area contributed by atoms with Gasteiger partial charge >= 0.3 is 0 Å². The van der Waals surface area contributed by atoms with Crippen molar-refractivity contribution in [3.05, 3.63) is 74.4 Å². The SMILES string of the molecule is C[C@H](c1n[nH]c(=O)c2cc(F)c(F)cc12)N(C)C(=O)c1ccc(F)c(Cl)c1. The molecule has 1 atom stereocenters. The average Bonchev–Trinajstić information content (AvgIpc) is 2.64. The van der Waals surface area contributed by atoms with Gasteiger partial charge in [-0.2, -0.15) is 5.10 Å². The minimum atomic E-state index is -1.16. The fourth-order valence-electron chi connectivity index (χ4n) is 2.69. The topological polar surface area (TPSA) is 66.1 Å². The van der Waals surface area contributed by atoms with Gasteiger partial charge in [0.15, 0.2) is 11.6 Å².